The molecule has 0 fully saturated rings. The van der Waals surface area contributed by atoms with Gasteiger partial charge in [-0.3, -0.25) is 13.9 Å². The van der Waals surface area contributed by atoms with Crippen molar-refractivity contribution in [3.63, 3.8) is 0 Å². The summed E-state index contributed by atoms with van der Waals surface area (Å²) in [4.78, 5) is 27.8. The van der Waals surface area contributed by atoms with Gasteiger partial charge in [0.15, 0.2) is 0 Å². The molecule has 1 N–H and O–H groups in total. The number of halogens is 1. The number of methoxy groups -OCH3 is 1. The summed E-state index contributed by atoms with van der Waals surface area (Å²) in [7, 11) is -2.26. The minimum Gasteiger partial charge on any atom is -0.497 e. The summed E-state index contributed by atoms with van der Waals surface area (Å²) in [6.07, 6.45) is 2.78. The van der Waals surface area contributed by atoms with Gasteiger partial charge in [0.1, 0.15) is 18.3 Å². The molecule has 2 amide bonds. The Morgan fingerprint density at radius 1 is 1.17 bits per heavy atom. The molecule has 0 aromatic heterocycles. The third-order valence-corrected chi connectivity index (χ3v) is 6.95. The number of nitrogens with one attached hydrogen (secondary N) is 1. The van der Waals surface area contributed by atoms with Crippen molar-refractivity contribution in [3.05, 3.63) is 58.6 Å². The van der Waals surface area contributed by atoms with Crippen LogP contribution in [0.1, 0.15) is 37.8 Å². The highest BCUT2D eigenvalue weighted by molar-refractivity contribution is 7.92. The van der Waals surface area contributed by atoms with Gasteiger partial charge in [-0.1, -0.05) is 37.1 Å². The van der Waals surface area contributed by atoms with E-state index in [1.807, 2.05) is 13.0 Å². The number of hydrogen-bond donors (Lipinski definition) is 1. The average molecular weight is 524 g/mol. The van der Waals surface area contributed by atoms with Crippen LogP contribution in [0, 0.1) is 6.92 Å². The zero-order valence-corrected chi connectivity index (χ0v) is 22.4. The average Bonchev–Trinajstić information content (AvgIpc) is 2.80. The molecule has 0 radical (unpaired) electrons. The lowest BCUT2D eigenvalue weighted by Gasteiger charge is -2.32. The van der Waals surface area contributed by atoms with Crippen LogP contribution < -0.4 is 14.4 Å². The Hall–Kier alpha value is -2.78. The number of carbonyl (C=O) groups excluding carboxylic acids is 2. The molecule has 0 spiro atoms. The molecule has 2 aromatic carbocycles. The summed E-state index contributed by atoms with van der Waals surface area (Å²) in [5.74, 6) is -0.196. The van der Waals surface area contributed by atoms with Crippen LogP contribution in [0.15, 0.2) is 42.5 Å². The van der Waals surface area contributed by atoms with Gasteiger partial charge in [0.05, 0.1) is 19.1 Å². The summed E-state index contributed by atoms with van der Waals surface area (Å²) in [5.41, 5.74) is 1.71. The fourth-order valence-corrected chi connectivity index (χ4v) is 4.71. The molecule has 1 atom stereocenters. The topological polar surface area (TPSA) is 96.0 Å². The number of ether oxygens (including phenoxy) is 1. The van der Waals surface area contributed by atoms with Gasteiger partial charge in [-0.05, 0) is 61.7 Å². The molecular formula is C25H34ClN3O5S. The highest BCUT2D eigenvalue weighted by Crippen LogP contribution is 2.26. The van der Waals surface area contributed by atoms with E-state index < -0.39 is 28.5 Å². The Bertz CT molecular complexity index is 1140. The van der Waals surface area contributed by atoms with Crippen LogP contribution in [0.5, 0.6) is 5.75 Å². The Kier molecular flexibility index (Phi) is 10.4. The van der Waals surface area contributed by atoms with Gasteiger partial charge < -0.3 is 15.0 Å². The van der Waals surface area contributed by atoms with E-state index in [1.54, 1.807) is 57.4 Å². The molecule has 0 bridgehead atoms. The fraction of sp³-hybridized carbons (Fsp3) is 0.440. The number of benzene rings is 2. The van der Waals surface area contributed by atoms with Crippen LogP contribution in [0.4, 0.5) is 5.69 Å². The van der Waals surface area contributed by atoms with E-state index in [0.717, 1.165) is 29.0 Å². The van der Waals surface area contributed by atoms with Gasteiger partial charge in [0.25, 0.3) is 0 Å². The highest BCUT2D eigenvalue weighted by Gasteiger charge is 2.30. The summed E-state index contributed by atoms with van der Waals surface area (Å²) in [5, 5.41) is 3.31. The van der Waals surface area contributed by atoms with Crippen molar-refractivity contribution in [2.75, 3.05) is 30.8 Å². The number of unbranched alkanes of at least 4 members (excludes halogenated alkanes) is 1. The zero-order valence-electron chi connectivity index (χ0n) is 20.9. The first-order chi connectivity index (χ1) is 16.5. The van der Waals surface area contributed by atoms with Crippen LogP contribution in [-0.4, -0.2) is 57.6 Å². The molecule has 35 heavy (non-hydrogen) atoms. The number of rotatable bonds is 12. The molecule has 0 heterocycles. The SMILES string of the molecule is CCCCNC(=O)C(C)N(Cc1cccc(OC)c1)C(=O)CN(c1ccc(Cl)cc1C)S(C)(=O)=O. The van der Waals surface area contributed by atoms with E-state index in [2.05, 4.69) is 5.32 Å². The first kappa shape index (κ1) is 28.5. The molecule has 2 aromatic rings. The van der Waals surface area contributed by atoms with E-state index in [9.17, 15) is 18.0 Å². The first-order valence-electron chi connectivity index (χ1n) is 11.4. The van der Waals surface area contributed by atoms with Gasteiger partial charge in [-0.2, -0.15) is 0 Å². The number of carbonyl (C=O) groups is 2. The van der Waals surface area contributed by atoms with Crippen LogP contribution in [-0.2, 0) is 26.2 Å². The normalized spacial score (nSPS) is 12.1. The summed E-state index contributed by atoms with van der Waals surface area (Å²) in [6.45, 7) is 5.53. The molecule has 0 aliphatic rings. The number of hydrogen-bond acceptors (Lipinski definition) is 5. The van der Waals surface area contributed by atoms with E-state index in [0.29, 0.717) is 28.6 Å². The lowest BCUT2D eigenvalue weighted by Crippen LogP contribution is -2.51. The molecule has 1 unspecified atom stereocenters. The van der Waals surface area contributed by atoms with Crippen molar-refractivity contribution in [2.24, 2.45) is 0 Å². The second kappa shape index (κ2) is 12.8. The maximum absolute atomic E-state index is 13.6. The van der Waals surface area contributed by atoms with Gasteiger partial charge in [-0.25, -0.2) is 8.42 Å². The molecule has 0 aliphatic carbocycles. The van der Waals surface area contributed by atoms with E-state index in [4.69, 9.17) is 16.3 Å². The van der Waals surface area contributed by atoms with Crippen LogP contribution in [0.3, 0.4) is 0 Å². The standard InChI is InChI=1S/C25H34ClN3O5S/c1-6-7-13-27-25(31)19(3)28(16-20-9-8-10-22(15-20)34-4)24(30)17-29(35(5,32)33)23-12-11-21(26)14-18(23)2/h8-12,14-15,19H,6-7,13,16-17H2,1-5H3,(H,27,31). The van der Waals surface area contributed by atoms with E-state index >= 15 is 0 Å². The molecule has 8 nitrogen and oxygen atoms in total. The first-order valence-corrected chi connectivity index (χ1v) is 13.6. The van der Waals surface area contributed by atoms with Crippen molar-refractivity contribution in [2.45, 2.75) is 46.2 Å². The highest BCUT2D eigenvalue weighted by atomic mass is 35.5. The van der Waals surface area contributed by atoms with E-state index in [1.165, 1.54) is 4.90 Å². The molecule has 192 valence electrons. The summed E-state index contributed by atoms with van der Waals surface area (Å²) in [6, 6.07) is 11.1. The van der Waals surface area contributed by atoms with Gasteiger partial charge in [0.2, 0.25) is 21.8 Å². The van der Waals surface area contributed by atoms with Gasteiger partial charge in [0, 0.05) is 18.1 Å². The Labute approximate surface area is 213 Å². The lowest BCUT2D eigenvalue weighted by molar-refractivity contribution is -0.139. The van der Waals surface area contributed by atoms with E-state index in [-0.39, 0.29) is 12.5 Å². The molecular weight excluding hydrogens is 490 g/mol. The number of anilines is 1. The number of amides is 2. The minimum absolute atomic E-state index is 0.107. The number of nitrogens with zero attached hydrogens (tertiary/aromatic N) is 2. The quantitative estimate of drug-likeness (QED) is 0.427. The zero-order chi connectivity index (χ0) is 26.2. The van der Waals surface area contributed by atoms with Crippen molar-refractivity contribution in [3.8, 4) is 5.75 Å². The molecule has 10 heteroatoms. The third-order valence-electron chi connectivity index (χ3n) is 5.59. The molecule has 0 aliphatic heterocycles. The van der Waals surface area contributed by atoms with Gasteiger partial charge in [-0.15, -0.1) is 0 Å². The third kappa shape index (κ3) is 8.14. The predicted molar refractivity (Wildman–Crippen MR) is 139 cm³/mol. The second-order valence-corrected chi connectivity index (χ2v) is 10.7. The Balaban J connectivity index is 2.40. The summed E-state index contributed by atoms with van der Waals surface area (Å²) >= 11 is 6.04. The van der Waals surface area contributed by atoms with Crippen molar-refractivity contribution < 1.29 is 22.7 Å². The maximum Gasteiger partial charge on any atom is 0.244 e. The largest absolute Gasteiger partial charge is 0.497 e. The van der Waals surface area contributed by atoms with Crippen LogP contribution >= 0.6 is 11.6 Å². The fourth-order valence-electron chi connectivity index (χ4n) is 3.58. The van der Waals surface area contributed by atoms with Crippen molar-refractivity contribution >= 4 is 39.1 Å². The Morgan fingerprint density at radius 2 is 1.89 bits per heavy atom. The lowest BCUT2D eigenvalue weighted by atomic mass is 10.1. The van der Waals surface area contributed by atoms with Crippen molar-refractivity contribution in [1.82, 2.24) is 10.2 Å². The molecule has 2 rings (SSSR count). The monoisotopic (exact) mass is 523 g/mol. The number of sulfonamides is 1. The summed E-state index contributed by atoms with van der Waals surface area (Å²) < 4.78 is 31.7. The Morgan fingerprint density at radius 3 is 2.49 bits per heavy atom. The molecule has 0 saturated heterocycles. The smallest absolute Gasteiger partial charge is 0.244 e. The molecule has 0 saturated carbocycles. The minimum atomic E-state index is -3.81. The van der Waals surface area contributed by atoms with Crippen LogP contribution in [0.25, 0.3) is 0 Å². The number of aryl methyl sites for hydroxylation is 1. The van der Waals surface area contributed by atoms with Crippen molar-refractivity contribution in [1.29, 1.82) is 0 Å². The maximum atomic E-state index is 13.6. The van der Waals surface area contributed by atoms with Gasteiger partial charge >= 0.3 is 0 Å². The van der Waals surface area contributed by atoms with Crippen LogP contribution in [0.2, 0.25) is 5.02 Å². The predicted octanol–water partition coefficient (Wildman–Crippen LogP) is 3.76. The second-order valence-electron chi connectivity index (χ2n) is 8.39.